The average Bonchev–Trinajstić information content (AvgIpc) is 3.10. The van der Waals surface area contributed by atoms with Gasteiger partial charge in [0.05, 0.1) is 0 Å². The number of rotatable bonds is 5. The molecule has 26 heavy (non-hydrogen) atoms. The number of thiophene rings is 1. The van der Waals surface area contributed by atoms with Crippen molar-refractivity contribution in [3.8, 4) is 11.5 Å². The van der Waals surface area contributed by atoms with Crippen molar-refractivity contribution < 1.29 is 0 Å². The van der Waals surface area contributed by atoms with Crippen LogP contribution in [0.25, 0.3) is 11.5 Å². The quantitative estimate of drug-likeness (QED) is 0.694. The second-order valence-electron chi connectivity index (χ2n) is 6.62. The molecule has 4 heterocycles. The van der Waals surface area contributed by atoms with Crippen LogP contribution in [0.1, 0.15) is 16.9 Å². The zero-order chi connectivity index (χ0) is 17.6. The molecular formula is C20H23N5S. The van der Waals surface area contributed by atoms with Crippen molar-refractivity contribution in [2.75, 3.05) is 26.2 Å². The summed E-state index contributed by atoms with van der Waals surface area (Å²) in [5.74, 6) is 0.687. The topological polar surface area (TPSA) is 45.2 Å². The third-order valence-electron chi connectivity index (χ3n) is 4.65. The van der Waals surface area contributed by atoms with Crippen molar-refractivity contribution in [1.82, 2.24) is 24.8 Å². The summed E-state index contributed by atoms with van der Waals surface area (Å²) in [4.78, 5) is 19.8. The molecule has 1 fully saturated rings. The molecule has 3 aromatic heterocycles. The Kier molecular flexibility index (Phi) is 5.64. The second-order valence-corrected chi connectivity index (χ2v) is 7.65. The summed E-state index contributed by atoms with van der Waals surface area (Å²) in [6.45, 7) is 6.49. The Balaban J connectivity index is 1.32. The molecule has 0 aromatic carbocycles. The molecule has 0 unspecified atom stereocenters. The van der Waals surface area contributed by atoms with E-state index in [1.165, 1.54) is 17.8 Å². The van der Waals surface area contributed by atoms with Crippen LogP contribution in [0.5, 0.6) is 0 Å². The maximum absolute atomic E-state index is 4.49. The third kappa shape index (κ3) is 4.52. The van der Waals surface area contributed by atoms with Crippen LogP contribution < -0.4 is 0 Å². The van der Waals surface area contributed by atoms with Crippen molar-refractivity contribution in [3.63, 3.8) is 0 Å². The first-order chi connectivity index (χ1) is 12.9. The highest BCUT2D eigenvalue weighted by molar-refractivity contribution is 7.09. The fraction of sp³-hybridized carbons (Fsp3) is 0.350. The van der Waals surface area contributed by atoms with E-state index in [-0.39, 0.29) is 0 Å². The lowest BCUT2D eigenvalue weighted by molar-refractivity contribution is 0.248. The smallest absolute Gasteiger partial charge is 0.178 e. The van der Waals surface area contributed by atoms with E-state index in [4.69, 9.17) is 0 Å². The highest BCUT2D eigenvalue weighted by Gasteiger charge is 2.16. The highest BCUT2D eigenvalue weighted by Crippen LogP contribution is 2.15. The van der Waals surface area contributed by atoms with Crippen LogP contribution >= 0.6 is 11.3 Å². The van der Waals surface area contributed by atoms with E-state index in [1.54, 1.807) is 6.20 Å². The van der Waals surface area contributed by atoms with Gasteiger partial charge in [-0.25, -0.2) is 9.97 Å². The van der Waals surface area contributed by atoms with Crippen LogP contribution in [0.4, 0.5) is 0 Å². The first-order valence-electron chi connectivity index (χ1n) is 9.06. The van der Waals surface area contributed by atoms with Crippen LogP contribution in [0, 0.1) is 0 Å². The van der Waals surface area contributed by atoms with Gasteiger partial charge in [-0.05, 0) is 43.1 Å². The SMILES string of the molecule is c1ccc(-c2ncc(CN3CCCN(Cc4cccs4)CC3)cn2)nc1. The predicted molar refractivity (Wildman–Crippen MR) is 105 cm³/mol. The molecule has 0 amide bonds. The second kappa shape index (κ2) is 8.49. The van der Waals surface area contributed by atoms with Crippen molar-refractivity contribution in [2.45, 2.75) is 19.5 Å². The summed E-state index contributed by atoms with van der Waals surface area (Å²) in [5, 5.41) is 2.16. The lowest BCUT2D eigenvalue weighted by atomic mass is 10.3. The van der Waals surface area contributed by atoms with Crippen molar-refractivity contribution in [3.05, 3.63) is 64.7 Å². The first kappa shape index (κ1) is 17.3. The Morgan fingerprint density at radius 3 is 2.35 bits per heavy atom. The number of hydrogen-bond acceptors (Lipinski definition) is 6. The van der Waals surface area contributed by atoms with Gasteiger partial charge in [-0.1, -0.05) is 12.1 Å². The van der Waals surface area contributed by atoms with E-state index in [2.05, 4.69) is 42.3 Å². The molecule has 0 N–H and O–H groups in total. The Morgan fingerprint density at radius 1 is 0.846 bits per heavy atom. The van der Waals surface area contributed by atoms with Gasteiger partial charge < -0.3 is 0 Å². The molecular weight excluding hydrogens is 342 g/mol. The Labute approximate surface area is 158 Å². The normalized spacial score (nSPS) is 16.5. The van der Waals surface area contributed by atoms with Gasteiger partial charge in [0.2, 0.25) is 0 Å². The van der Waals surface area contributed by atoms with Gasteiger partial charge in [-0.2, -0.15) is 0 Å². The van der Waals surface area contributed by atoms with Crippen LogP contribution in [0.3, 0.4) is 0 Å². The van der Waals surface area contributed by atoms with Crippen LogP contribution in [-0.2, 0) is 13.1 Å². The molecule has 0 radical (unpaired) electrons. The maximum atomic E-state index is 4.49. The molecule has 1 aliphatic heterocycles. The predicted octanol–water partition coefficient (Wildman–Crippen LogP) is 3.31. The molecule has 1 saturated heterocycles. The summed E-state index contributed by atoms with van der Waals surface area (Å²) < 4.78 is 0. The molecule has 0 saturated carbocycles. The summed E-state index contributed by atoms with van der Waals surface area (Å²) in [6.07, 6.45) is 6.85. The van der Waals surface area contributed by atoms with Gasteiger partial charge in [0.15, 0.2) is 5.82 Å². The van der Waals surface area contributed by atoms with E-state index < -0.39 is 0 Å². The van der Waals surface area contributed by atoms with Crippen molar-refractivity contribution >= 4 is 11.3 Å². The first-order valence-corrected chi connectivity index (χ1v) is 9.94. The van der Waals surface area contributed by atoms with E-state index >= 15 is 0 Å². The zero-order valence-electron chi connectivity index (χ0n) is 14.8. The molecule has 3 aromatic rings. The summed E-state index contributed by atoms with van der Waals surface area (Å²) in [6, 6.07) is 10.2. The molecule has 0 atom stereocenters. The van der Waals surface area contributed by atoms with Gasteiger partial charge in [-0.3, -0.25) is 14.8 Å². The van der Waals surface area contributed by atoms with E-state index in [0.717, 1.165) is 44.0 Å². The number of nitrogens with zero attached hydrogens (tertiary/aromatic N) is 5. The Bertz CT molecular complexity index is 789. The monoisotopic (exact) mass is 365 g/mol. The van der Waals surface area contributed by atoms with Crippen LogP contribution in [0.15, 0.2) is 54.3 Å². The molecule has 0 aliphatic carbocycles. The molecule has 5 nitrogen and oxygen atoms in total. The van der Waals surface area contributed by atoms with E-state index in [9.17, 15) is 0 Å². The molecule has 134 valence electrons. The fourth-order valence-corrected chi connectivity index (χ4v) is 4.03. The number of pyridine rings is 1. The van der Waals surface area contributed by atoms with Gasteiger partial charge in [0, 0.05) is 55.2 Å². The van der Waals surface area contributed by atoms with E-state index in [0.29, 0.717) is 5.82 Å². The van der Waals surface area contributed by atoms with E-state index in [1.807, 2.05) is 41.9 Å². The zero-order valence-corrected chi connectivity index (χ0v) is 15.6. The highest BCUT2D eigenvalue weighted by atomic mass is 32.1. The summed E-state index contributed by atoms with van der Waals surface area (Å²) >= 11 is 1.85. The molecule has 1 aliphatic rings. The third-order valence-corrected chi connectivity index (χ3v) is 5.51. The Morgan fingerprint density at radius 2 is 1.65 bits per heavy atom. The lowest BCUT2D eigenvalue weighted by Crippen LogP contribution is -2.30. The van der Waals surface area contributed by atoms with Gasteiger partial charge in [0.25, 0.3) is 0 Å². The summed E-state index contributed by atoms with van der Waals surface area (Å²) in [7, 11) is 0. The minimum atomic E-state index is 0.687. The van der Waals surface area contributed by atoms with Gasteiger partial charge >= 0.3 is 0 Å². The van der Waals surface area contributed by atoms with Crippen molar-refractivity contribution in [2.24, 2.45) is 0 Å². The van der Waals surface area contributed by atoms with Crippen molar-refractivity contribution in [1.29, 1.82) is 0 Å². The fourth-order valence-electron chi connectivity index (χ4n) is 3.29. The molecule has 6 heteroatoms. The van der Waals surface area contributed by atoms with Crippen LogP contribution in [0.2, 0.25) is 0 Å². The van der Waals surface area contributed by atoms with Gasteiger partial charge in [-0.15, -0.1) is 11.3 Å². The number of aromatic nitrogens is 3. The molecule has 0 bridgehead atoms. The largest absolute Gasteiger partial charge is 0.298 e. The maximum Gasteiger partial charge on any atom is 0.178 e. The minimum Gasteiger partial charge on any atom is -0.298 e. The molecule has 4 rings (SSSR count). The Hall–Kier alpha value is -2.15. The molecule has 0 spiro atoms. The lowest BCUT2D eigenvalue weighted by Gasteiger charge is -2.21. The standard InChI is InChI=1S/C20H23N5S/c1-2-7-21-19(6-1)20-22-13-17(14-23-20)15-24-8-4-9-25(11-10-24)16-18-5-3-12-26-18/h1-3,5-7,12-14H,4,8-11,15-16H2. The summed E-state index contributed by atoms with van der Waals surface area (Å²) in [5.41, 5.74) is 1.98. The van der Waals surface area contributed by atoms with Gasteiger partial charge in [0.1, 0.15) is 5.69 Å². The van der Waals surface area contributed by atoms with Crippen LogP contribution in [-0.4, -0.2) is 50.9 Å². The minimum absolute atomic E-state index is 0.687. The average molecular weight is 366 g/mol. The number of hydrogen-bond donors (Lipinski definition) is 0.